The first-order valence-corrected chi connectivity index (χ1v) is 48.2. The number of halogens is 4. The number of aromatic amines is 4. The minimum absolute atomic E-state index is 0.337. The van der Waals surface area contributed by atoms with Crippen LogP contribution in [0.2, 0.25) is 0 Å². The van der Waals surface area contributed by atoms with Gasteiger partial charge in [0.15, 0.2) is 43.9 Å². The van der Waals surface area contributed by atoms with Gasteiger partial charge >= 0.3 is 93.9 Å². The Balaban J connectivity index is 0.000000298. The van der Waals surface area contributed by atoms with E-state index in [1.165, 1.54) is 0 Å². The minimum atomic E-state index is -6.30. The molecule has 0 aromatic carbocycles. The van der Waals surface area contributed by atoms with Crippen LogP contribution in [0.1, 0.15) is 33.1 Å². The van der Waals surface area contributed by atoms with Crippen LogP contribution in [0.5, 0.6) is 0 Å². The summed E-state index contributed by atoms with van der Waals surface area (Å²) in [6.07, 6.45) is -26.9. The molecule has 4 aromatic rings. The normalized spacial score (nSPS) is 33.4. The molecule has 120 heavy (non-hydrogen) atoms. The number of alkyl halides is 4. The summed E-state index contributed by atoms with van der Waals surface area (Å²) in [7, 11) is -70.8. The van der Waals surface area contributed by atoms with E-state index in [4.69, 9.17) is 121 Å². The molecule has 4 saturated heterocycles. The second-order valence-corrected chi connectivity index (χ2v) is 40.8. The van der Waals surface area contributed by atoms with E-state index in [2.05, 4.69) is 76.8 Å². The van der Waals surface area contributed by atoms with Gasteiger partial charge in [0.1, 0.15) is 75.2 Å². The van der Waals surface area contributed by atoms with Gasteiger partial charge in [0, 0.05) is 49.1 Å². The van der Waals surface area contributed by atoms with Gasteiger partial charge in [-0.1, -0.05) is 0 Å². The molecule has 0 spiro atoms. The molecule has 0 aliphatic carbocycles. The molecular weight excluding hydrogens is 2020 g/mol. The topological polar surface area (TPSA) is 989 Å². The van der Waals surface area contributed by atoms with E-state index in [-0.39, 0.29) is 4.77 Å². The van der Waals surface area contributed by atoms with Gasteiger partial charge < -0.3 is 138 Å². The summed E-state index contributed by atoms with van der Waals surface area (Å²) in [5.74, 6) is -15.6. The first-order chi connectivity index (χ1) is 56.0. The van der Waals surface area contributed by atoms with E-state index < -0.39 is 254 Å². The van der Waals surface area contributed by atoms with Crippen LogP contribution in [0.3, 0.4) is 0 Å². The number of nitrogens with one attached hydrogen (secondary N) is 4. The summed E-state index contributed by atoms with van der Waals surface area (Å²) in [6, 6.07) is 3.33. The number of hydrogen-bond acceptors (Lipinski definition) is 44. The molecule has 8 unspecified atom stereocenters. The molecule has 4 aliphatic rings. The molecule has 688 valence electrons. The quantitative estimate of drug-likeness (QED) is 0.0129. The van der Waals surface area contributed by atoms with Crippen molar-refractivity contribution in [2.45, 2.75) is 97.1 Å². The number of phosphoric acid groups is 12. The van der Waals surface area contributed by atoms with Gasteiger partial charge in [0.25, 0.3) is 45.7 Å². The Labute approximate surface area is 682 Å². The number of rotatable bonds is 32. The summed E-state index contributed by atoms with van der Waals surface area (Å²) < 4.78 is 303. The first-order valence-electron chi connectivity index (χ1n) is 31.5. The number of hydrogen-bond donors (Lipinski definition) is 28. The Hall–Kier alpha value is -2.72. The van der Waals surface area contributed by atoms with Crippen LogP contribution in [0.25, 0.3) is 0 Å². The first kappa shape index (κ1) is 97.9. The molecule has 4 aromatic heterocycles. The van der Waals surface area contributed by atoms with E-state index in [0.29, 0.717) is 19.9 Å². The molecule has 0 saturated carbocycles. The van der Waals surface area contributed by atoms with Crippen LogP contribution >= 0.6 is 143 Å². The highest BCUT2D eigenvalue weighted by molar-refractivity contribution is 7.72. The average molecular weight is 2080 g/mol. The van der Waals surface area contributed by atoms with Crippen LogP contribution in [0.15, 0.2) is 68.2 Å². The fourth-order valence-electron chi connectivity index (χ4n) is 8.16. The molecule has 4 aliphatic heterocycles. The predicted octanol–water partition coefficient (Wildman–Crippen LogP) is -3.34. The van der Waals surface area contributed by atoms with Crippen molar-refractivity contribution < 1.29 is 271 Å². The number of H-pyrrole nitrogens is 4. The van der Waals surface area contributed by atoms with Crippen LogP contribution in [-0.4, -0.2) is 256 Å². The minimum Gasteiger partial charge on any atom is -0.385 e. The Morgan fingerprint density at radius 2 is 0.550 bits per heavy atom. The zero-order valence-electron chi connectivity index (χ0n) is 61.9. The molecule has 28 N–H and O–H groups in total. The van der Waals surface area contributed by atoms with Gasteiger partial charge in [-0.3, -0.25) is 75.5 Å². The monoisotopic (exact) mass is 2080 g/mol. The van der Waals surface area contributed by atoms with Crippen molar-refractivity contribution in [2.24, 2.45) is 0 Å². The summed E-state index contributed by atoms with van der Waals surface area (Å²) in [5, 5.41) is 80.1. The smallest absolute Gasteiger partial charge is 0.385 e. The van der Waals surface area contributed by atoms with E-state index >= 15 is 13.2 Å². The van der Waals surface area contributed by atoms with Crippen LogP contribution < -0.4 is 22.2 Å². The molecular formula is C36H56F4N8O56P12S4. The predicted molar refractivity (Wildman–Crippen MR) is 367 cm³/mol. The average Bonchev–Trinajstić information content (AvgIpc) is 1.55. The lowest BCUT2D eigenvalue weighted by Gasteiger charge is -2.24. The standard InChI is InChI=1S/4C9H14FN2O14P3S/c4*10-9(3-23-28(19,20)26-29(21,22)25-27(16,17)18)6(15)5(14)7(24-9)12-2-1-4(13)11-8(12)30/h4*1-2,5-7,14-15H,3H2,(H,19,20)(H,21,22)(H,11,13,30)(H2,16,17,18)/t4*5-,6+,7-,9-/m1111/s1/i3D2,7D;7D;3D2;. The zero-order chi connectivity index (χ0) is 97.9. The lowest BCUT2D eigenvalue weighted by molar-refractivity contribution is -0.204. The van der Waals surface area contributed by atoms with Crippen LogP contribution in [-0.2, 0) is 126 Å². The Kier molecular flexibility index (Phi) is 32.4. The third kappa shape index (κ3) is 31.9. The highest BCUT2D eigenvalue weighted by Gasteiger charge is 2.62. The summed E-state index contributed by atoms with van der Waals surface area (Å²) in [4.78, 5) is 195. The second-order valence-electron chi connectivity index (χ2n) is 21.7. The van der Waals surface area contributed by atoms with E-state index in [9.17, 15) is 139 Å². The molecule has 84 heteroatoms. The fraction of sp³-hybridized carbons (Fsp3) is 0.556. The number of aromatic nitrogens is 8. The maximum atomic E-state index is 15.4. The lowest BCUT2D eigenvalue weighted by atomic mass is 10.1. The van der Waals surface area contributed by atoms with Crippen molar-refractivity contribution in [1.29, 1.82) is 0 Å². The lowest BCUT2D eigenvalue weighted by Crippen LogP contribution is -2.42. The molecule has 0 bridgehead atoms. The highest BCUT2D eigenvalue weighted by atomic mass is 32.1. The van der Waals surface area contributed by atoms with Gasteiger partial charge in [0.2, 0.25) is 0 Å². The van der Waals surface area contributed by atoms with E-state index in [1.54, 1.807) is 0 Å². The maximum Gasteiger partial charge on any atom is 0.490 e. The van der Waals surface area contributed by atoms with Crippen molar-refractivity contribution in [3.8, 4) is 0 Å². The van der Waals surface area contributed by atoms with Crippen molar-refractivity contribution in [3.05, 3.63) is 110 Å². The van der Waals surface area contributed by atoms with Crippen molar-refractivity contribution in [2.75, 3.05) is 26.3 Å². The molecule has 24 atom stereocenters. The second kappa shape index (κ2) is 39.7. The van der Waals surface area contributed by atoms with Gasteiger partial charge in [-0.2, -0.15) is 34.5 Å². The summed E-state index contributed by atoms with van der Waals surface area (Å²) >= 11 is 19.1. The molecule has 0 radical (unpaired) electrons. The van der Waals surface area contributed by atoms with E-state index in [1.807, 2.05) is 9.97 Å². The van der Waals surface area contributed by atoms with Crippen molar-refractivity contribution in [1.82, 2.24) is 38.2 Å². The van der Waals surface area contributed by atoms with Crippen LogP contribution in [0, 0.1) is 19.1 Å². The van der Waals surface area contributed by atoms with Gasteiger partial charge in [-0.25, -0.2) is 72.3 Å². The third-order valence-electron chi connectivity index (χ3n) is 12.6. The van der Waals surface area contributed by atoms with Crippen molar-refractivity contribution >= 4 is 143 Å². The Morgan fingerprint density at radius 3 is 0.817 bits per heavy atom. The molecule has 8 heterocycles. The summed E-state index contributed by atoms with van der Waals surface area (Å²) in [5.41, 5.74) is -2.88. The van der Waals surface area contributed by atoms with Gasteiger partial charge in [0.05, 0.1) is 8.22 Å². The van der Waals surface area contributed by atoms with Gasteiger partial charge in [-0.05, 0) is 48.9 Å². The fourth-order valence-corrected chi connectivity index (χ4v) is 21.0. The largest absolute Gasteiger partial charge is 0.490 e. The molecule has 0 amide bonds. The van der Waals surface area contributed by atoms with Crippen LogP contribution in [0.4, 0.5) is 17.6 Å². The molecule has 4 fully saturated rings. The number of aliphatic hydroxyl groups excluding tert-OH is 8. The van der Waals surface area contributed by atoms with E-state index in [0.717, 1.165) is 47.4 Å². The number of aliphatic hydroxyl groups is 8. The van der Waals surface area contributed by atoms with Crippen molar-refractivity contribution in [3.63, 3.8) is 0 Å². The number of nitrogens with zero attached hydrogens (tertiary/aromatic N) is 4. The maximum absolute atomic E-state index is 15.4. The number of ether oxygens (including phenoxy) is 4. The molecule has 8 rings (SSSR count). The third-order valence-corrected chi connectivity index (χ3v) is 28.7. The highest BCUT2D eigenvalue weighted by Crippen LogP contribution is 2.70. The van der Waals surface area contributed by atoms with Gasteiger partial charge in [-0.15, -0.1) is 0 Å². The summed E-state index contributed by atoms with van der Waals surface area (Å²) in [6.45, 7) is -12.1. The Morgan fingerprint density at radius 1 is 0.342 bits per heavy atom. The Bertz CT molecular complexity index is 5890. The SMILES string of the molecule is O=c1ccn([C@@H]2O[C@](F)(COP(=O)(O)OP(=O)(O)OP(=O)(O)O)[C@@H](O)[C@H]2O)c(=S)[nH]1.[2H]C([2H])(OP(=O)(O)OP(=O)(O)OP(=O)(O)O)[C@@]1(F)O[C@@H](n2ccc(=O)[nH]c2=S)[C@H](O)[C@@H]1O.[2H]C([2H])(OP(=O)(O)OP(=O)(O)OP(=O)(O)O)[C@@]1(F)O[C@@]([2H])(n2ccc(=O)[nH]c2=S)[C@H](O)[C@@H]1O.[2H][C@@]1(n2ccc(=O)[nH]c2=S)O[C@](F)(COP(=O)(O)OP(=O)(O)OP(=O)(O)O)[C@@H](O)[C@H]1O. The molecule has 64 nitrogen and oxygen atoms in total. The number of phosphoric ester groups is 4. The zero-order valence-corrected chi connectivity index (χ0v) is 69.9.